The second-order valence-electron chi connectivity index (χ2n) is 16.3. The topological polar surface area (TPSA) is 519 Å². The third-order valence-electron chi connectivity index (χ3n) is 11.4. The summed E-state index contributed by atoms with van der Waals surface area (Å²) in [7, 11) is -14.1. The lowest BCUT2D eigenvalue weighted by Crippen LogP contribution is -2.46. The average molecular weight is 1150 g/mol. The van der Waals surface area contributed by atoms with Crippen molar-refractivity contribution in [3.05, 3.63) is 52.2 Å². The number of anilines is 2. The van der Waals surface area contributed by atoms with Crippen LogP contribution in [0.5, 0.6) is 0 Å². The van der Waals surface area contributed by atoms with E-state index in [-0.39, 0.29) is 45.4 Å². The number of phosphoric acid groups is 3. The first-order valence-corrected chi connectivity index (χ1v) is 28.0. The Balaban J connectivity index is 0.854. The van der Waals surface area contributed by atoms with Crippen molar-refractivity contribution in [2.45, 2.75) is 73.6 Å². The molecule has 14 N–H and O–H groups in total. The van der Waals surface area contributed by atoms with Crippen molar-refractivity contribution in [1.29, 1.82) is 0 Å². The highest BCUT2D eigenvalue weighted by molar-refractivity contribution is 8.09. The standard InChI is InChI=1S/C32H42N14O23P4S/c1-43-10-46(25-16(43)27(52)42-32(34)40-25)29-20(50)18(48)13(65-29)5-62-71(55,56)68-73(59,74)69-72(57,58)63-6-14-21(22(60-2)30(66-14)44-8-37-11-3-35-7-36-23(11)44)67-70(53,54)61-4-12-17(47)19(49)28(64-12)45-9-38-15-24(45)39-31(33)41-26(15)51/h3,7-10,12-14,17-22,28-30,47-50H,4-6H2,1-2H3,(H9-,33,34,39,40,41,42,51,52,53,54,55,56,57,58,59,74)/p+1. The van der Waals surface area contributed by atoms with Gasteiger partial charge in [0.1, 0.15) is 66.8 Å². The highest BCUT2D eigenvalue weighted by Gasteiger charge is 2.53. The van der Waals surface area contributed by atoms with Crippen LogP contribution in [-0.2, 0) is 78.2 Å². The molecule has 37 nitrogen and oxygen atoms in total. The van der Waals surface area contributed by atoms with Crippen LogP contribution >= 0.6 is 30.2 Å². The molecule has 404 valence electrons. The zero-order chi connectivity index (χ0) is 53.4. The van der Waals surface area contributed by atoms with Crippen LogP contribution in [0, 0.1) is 0 Å². The van der Waals surface area contributed by atoms with Crippen LogP contribution in [0.1, 0.15) is 18.7 Å². The van der Waals surface area contributed by atoms with Gasteiger partial charge in [0.25, 0.3) is 17.1 Å². The largest absolute Gasteiger partial charge is 0.479 e. The summed E-state index contributed by atoms with van der Waals surface area (Å²) in [6.45, 7) is -8.50. The SMILES string of the molecule is COC1C(OP(=O)(O)OCC2OC(n3cnc4c(=O)[nH]c(N)nc43)C(O)C2O)C(COP(=O)(O)OP(O)(=S)OP(=O)(O)OCC2OC([n+]3cn(C)c4c(=O)[nH]c(N)nc43)C(O)C2O)OC1n1cnc2cncnc21. The molecule has 0 saturated carbocycles. The molecule has 3 aliphatic heterocycles. The summed E-state index contributed by atoms with van der Waals surface area (Å²) in [5, 5.41) is 43.2. The molecule has 0 spiro atoms. The zero-order valence-corrected chi connectivity index (χ0v) is 41.9. The lowest BCUT2D eigenvalue weighted by Gasteiger charge is -2.26. The van der Waals surface area contributed by atoms with E-state index in [4.69, 9.17) is 60.3 Å². The molecule has 0 radical (unpaired) electrons. The van der Waals surface area contributed by atoms with Crippen molar-refractivity contribution in [2.24, 2.45) is 7.05 Å². The van der Waals surface area contributed by atoms with Gasteiger partial charge in [-0.15, -0.1) is 0 Å². The Morgan fingerprint density at radius 2 is 1.32 bits per heavy atom. The number of aromatic amines is 2. The molecule has 3 aliphatic rings. The van der Waals surface area contributed by atoms with Crippen molar-refractivity contribution >= 4 is 87.4 Å². The molecule has 6 aromatic heterocycles. The number of aliphatic hydroxyl groups is 4. The molecule has 16 atom stereocenters. The van der Waals surface area contributed by atoms with Crippen LogP contribution in [0.25, 0.3) is 33.5 Å². The van der Waals surface area contributed by atoms with Crippen LogP contribution in [0.15, 0.2) is 41.1 Å². The quantitative estimate of drug-likeness (QED) is 0.0270. The lowest BCUT2D eigenvalue weighted by molar-refractivity contribution is -0.745. The Bertz CT molecular complexity index is 3420. The van der Waals surface area contributed by atoms with Crippen molar-refractivity contribution in [1.82, 2.24) is 53.6 Å². The lowest BCUT2D eigenvalue weighted by atomic mass is 10.1. The zero-order valence-electron chi connectivity index (χ0n) is 37.5. The molecular formula is C32H43N14O23P4S+. The maximum absolute atomic E-state index is 13.7. The number of ether oxygens (including phenoxy) is 4. The molecule has 9 rings (SSSR count). The van der Waals surface area contributed by atoms with Crippen molar-refractivity contribution in [3.8, 4) is 0 Å². The van der Waals surface area contributed by atoms with Gasteiger partial charge in [-0.1, -0.05) is 4.98 Å². The number of rotatable bonds is 19. The number of nitrogens with zero attached hydrogens (tertiary/aromatic N) is 10. The molecule has 0 aliphatic carbocycles. The average Bonchev–Trinajstić information content (AvgIpc) is 4.16. The first-order chi connectivity index (χ1) is 34.8. The summed E-state index contributed by atoms with van der Waals surface area (Å²) in [5.41, 5.74) is 9.97. The Hall–Kier alpha value is -4.53. The third kappa shape index (κ3) is 10.9. The van der Waals surface area contributed by atoms with Gasteiger partial charge in [-0.25, -0.2) is 46.8 Å². The summed E-state index contributed by atoms with van der Waals surface area (Å²) in [6, 6.07) is 0. The Morgan fingerprint density at radius 3 is 2.01 bits per heavy atom. The Kier molecular flexibility index (Phi) is 15.0. The summed E-state index contributed by atoms with van der Waals surface area (Å²) in [4.78, 5) is 96.4. The molecule has 6 aromatic rings. The predicted molar refractivity (Wildman–Crippen MR) is 241 cm³/mol. The van der Waals surface area contributed by atoms with Gasteiger partial charge in [-0.3, -0.25) is 51.4 Å². The van der Waals surface area contributed by atoms with E-state index in [1.807, 2.05) is 0 Å². The third-order valence-corrected chi connectivity index (χ3v) is 17.8. The fourth-order valence-corrected chi connectivity index (χ4v) is 14.2. The van der Waals surface area contributed by atoms with Crippen molar-refractivity contribution < 1.29 is 104 Å². The summed E-state index contributed by atoms with van der Waals surface area (Å²) in [5.74, 6) is -0.589. The molecule has 0 amide bonds. The van der Waals surface area contributed by atoms with Crippen LogP contribution in [0.3, 0.4) is 0 Å². The highest BCUT2D eigenvalue weighted by Crippen LogP contribution is 2.68. The number of phosphoric ester groups is 3. The van der Waals surface area contributed by atoms with E-state index in [0.717, 1.165) is 22.6 Å². The van der Waals surface area contributed by atoms with Crippen LogP contribution in [0.4, 0.5) is 11.9 Å². The Morgan fingerprint density at radius 1 is 0.743 bits per heavy atom. The molecular weight excluding hydrogens is 1100 g/mol. The molecule has 16 unspecified atom stereocenters. The monoisotopic (exact) mass is 1150 g/mol. The number of H-pyrrole nitrogens is 2. The van der Waals surface area contributed by atoms with Gasteiger partial charge < -0.3 is 70.4 Å². The van der Waals surface area contributed by atoms with E-state index < -0.39 is 135 Å². The maximum Gasteiger partial charge on any atom is 0.479 e. The predicted octanol–water partition coefficient (Wildman–Crippen LogP) is -4.18. The van der Waals surface area contributed by atoms with Gasteiger partial charge in [0.2, 0.25) is 17.7 Å². The second-order valence-corrected chi connectivity index (χ2v) is 23.7. The van der Waals surface area contributed by atoms with E-state index in [2.05, 4.69) is 48.5 Å². The van der Waals surface area contributed by atoms with Gasteiger partial charge >= 0.3 is 35.8 Å². The number of fused-ring (bicyclic) bond motifs is 3. The fourth-order valence-electron chi connectivity index (χ4n) is 8.20. The molecule has 0 aromatic carbocycles. The van der Waals surface area contributed by atoms with E-state index in [9.17, 15) is 63.3 Å². The summed E-state index contributed by atoms with van der Waals surface area (Å²) in [6.07, 6.45) is -13.5. The first-order valence-electron chi connectivity index (χ1n) is 20.9. The number of nitrogens with two attached hydrogens (primary N) is 2. The van der Waals surface area contributed by atoms with Gasteiger partial charge in [0.15, 0.2) is 35.6 Å². The summed E-state index contributed by atoms with van der Waals surface area (Å²) < 4.78 is 97.4. The summed E-state index contributed by atoms with van der Waals surface area (Å²) >= 11 is 4.70. The fraction of sp³-hybridized carbons (Fsp3) is 0.531. The number of aromatic nitrogens is 12. The molecule has 3 fully saturated rings. The van der Waals surface area contributed by atoms with Gasteiger partial charge in [-0.2, -0.15) is 4.98 Å². The van der Waals surface area contributed by atoms with Gasteiger partial charge in [0, 0.05) is 7.11 Å². The minimum absolute atomic E-state index is 0.00273. The van der Waals surface area contributed by atoms with Gasteiger partial charge in [0.05, 0.1) is 45.7 Å². The van der Waals surface area contributed by atoms with Crippen molar-refractivity contribution in [3.63, 3.8) is 0 Å². The van der Waals surface area contributed by atoms with E-state index in [1.54, 1.807) is 0 Å². The van der Waals surface area contributed by atoms with E-state index in [0.29, 0.717) is 0 Å². The number of methoxy groups -OCH3 is 1. The Labute approximate surface area is 415 Å². The van der Waals surface area contributed by atoms with Crippen LogP contribution < -0.4 is 27.2 Å². The van der Waals surface area contributed by atoms with Crippen molar-refractivity contribution in [2.75, 3.05) is 38.4 Å². The normalized spacial score (nSPS) is 30.7. The number of nitrogen functional groups attached to an aromatic ring is 2. The number of nitrogens with one attached hydrogen (secondary N) is 2. The molecule has 9 heterocycles. The number of hydrogen-bond acceptors (Lipinski definition) is 28. The minimum atomic E-state index is -5.73. The maximum atomic E-state index is 13.7. The minimum Gasteiger partial charge on any atom is -0.387 e. The van der Waals surface area contributed by atoms with Gasteiger partial charge in [-0.05, 0) is 11.8 Å². The van der Waals surface area contributed by atoms with E-state index >= 15 is 0 Å². The second kappa shape index (κ2) is 20.4. The number of hydrogen-bond donors (Lipinski definition) is 12. The number of imidazole rings is 3. The van der Waals surface area contributed by atoms with E-state index in [1.165, 1.54) is 41.4 Å². The molecule has 3 saturated heterocycles. The molecule has 0 bridgehead atoms. The molecule has 74 heavy (non-hydrogen) atoms. The molecule has 42 heteroatoms. The number of aryl methyl sites for hydroxylation is 1. The van der Waals surface area contributed by atoms with Crippen LogP contribution in [-0.4, -0.2) is 175 Å². The first kappa shape index (κ1) is 54.3. The number of aliphatic hydroxyl groups excluding tert-OH is 4. The highest BCUT2D eigenvalue weighted by atomic mass is 32.5. The van der Waals surface area contributed by atoms with Crippen LogP contribution in [0.2, 0.25) is 0 Å². The smallest absolute Gasteiger partial charge is 0.387 e.